The zero-order valence-electron chi connectivity index (χ0n) is 10.6. The molecule has 1 aromatic heterocycles. The first-order valence-corrected chi connectivity index (χ1v) is 6.45. The van der Waals surface area contributed by atoms with Crippen molar-refractivity contribution in [3.8, 4) is 11.3 Å². The van der Waals surface area contributed by atoms with Crippen LogP contribution < -0.4 is 5.73 Å². The molecule has 0 spiro atoms. The van der Waals surface area contributed by atoms with Crippen molar-refractivity contribution in [1.29, 1.82) is 0 Å². The number of halogens is 1. The molecule has 0 radical (unpaired) electrons. The first kappa shape index (κ1) is 13.1. The molecule has 0 amide bonds. The highest BCUT2D eigenvalue weighted by Gasteiger charge is 2.10. The van der Waals surface area contributed by atoms with E-state index in [4.69, 9.17) is 17.3 Å². The maximum atomic E-state index is 6.24. The molecule has 0 aliphatic carbocycles. The third kappa shape index (κ3) is 2.54. The van der Waals surface area contributed by atoms with E-state index in [1.807, 2.05) is 29.8 Å². The lowest BCUT2D eigenvalue weighted by molar-refractivity contribution is 0.584. The molecule has 2 aromatic rings. The normalized spacial score (nSPS) is 12.7. The summed E-state index contributed by atoms with van der Waals surface area (Å²) in [4.78, 5) is 0. The summed E-state index contributed by atoms with van der Waals surface area (Å²) < 4.78 is 1.89. The molecule has 2 rings (SSSR count). The molecule has 2 N–H and O–H groups in total. The van der Waals surface area contributed by atoms with Gasteiger partial charge in [0.05, 0.1) is 11.9 Å². The van der Waals surface area contributed by atoms with Gasteiger partial charge in [-0.05, 0) is 25.0 Å². The minimum atomic E-state index is -0.0646. The molecule has 0 bridgehead atoms. The molecule has 5 heteroatoms. The fourth-order valence-electron chi connectivity index (χ4n) is 1.91. The number of hydrogen-bond donors (Lipinski definition) is 1. The predicted molar refractivity (Wildman–Crippen MR) is 73.4 cm³/mol. The maximum Gasteiger partial charge on any atom is 0.0886 e. The van der Waals surface area contributed by atoms with E-state index in [1.54, 1.807) is 6.20 Å². The summed E-state index contributed by atoms with van der Waals surface area (Å²) >= 11 is 6.24. The zero-order valence-corrected chi connectivity index (χ0v) is 11.4. The van der Waals surface area contributed by atoms with Gasteiger partial charge in [-0.25, -0.2) is 4.68 Å². The third-order valence-electron chi connectivity index (χ3n) is 2.84. The standard InChI is InChI=1S/C13H17ClN4/c1-3-6-18-13(8-16-17-18)10-4-5-11(9(2)15)12(14)7-10/h4-5,7-9H,3,6,15H2,1-2H3. The fraction of sp³-hybridized carbons (Fsp3) is 0.385. The Balaban J connectivity index is 2.39. The van der Waals surface area contributed by atoms with Crippen LogP contribution >= 0.6 is 11.6 Å². The van der Waals surface area contributed by atoms with Gasteiger partial charge in [-0.1, -0.05) is 35.9 Å². The van der Waals surface area contributed by atoms with E-state index >= 15 is 0 Å². The second-order valence-corrected chi connectivity index (χ2v) is 4.77. The van der Waals surface area contributed by atoms with Crippen LogP contribution in [0, 0.1) is 0 Å². The molecule has 4 nitrogen and oxygen atoms in total. The first-order chi connectivity index (χ1) is 8.63. The van der Waals surface area contributed by atoms with Gasteiger partial charge in [0.1, 0.15) is 0 Å². The van der Waals surface area contributed by atoms with Gasteiger partial charge in [-0.15, -0.1) is 5.10 Å². The largest absolute Gasteiger partial charge is 0.324 e. The number of benzene rings is 1. The van der Waals surface area contributed by atoms with E-state index in [1.165, 1.54) is 0 Å². The van der Waals surface area contributed by atoms with Gasteiger partial charge in [-0.2, -0.15) is 0 Å². The van der Waals surface area contributed by atoms with Gasteiger partial charge >= 0.3 is 0 Å². The summed E-state index contributed by atoms with van der Waals surface area (Å²) in [6.45, 7) is 4.88. The van der Waals surface area contributed by atoms with Gasteiger partial charge in [0.2, 0.25) is 0 Å². The molecule has 0 aliphatic heterocycles. The molecule has 18 heavy (non-hydrogen) atoms. The van der Waals surface area contributed by atoms with E-state index in [9.17, 15) is 0 Å². The summed E-state index contributed by atoms with van der Waals surface area (Å²) in [6, 6.07) is 5.83. The molecule has 0 aliphatic rings. The summed E-state index contributed by atoms with van der Waals surface area (Å²) in [5, 5.41) is 8.70. The molecular formula is C13H17ClN4. The van der Waals surface area contributed by atoms with Crippen molar-refractivity contribution in [3.63, 3.8) is 0 Å². The topological polar surface area (TPSA) is 56.7 Å². The van der Waals surface area contributed by atoms with Crippen molar-refractivity contribution in [2.45, 2.75) is 32.9 Å². The summed E-state index contributed by atoms with van der Waals surface area (Å²) in [5.41, 5.74) is 8.80. The SMILES string of the molecule is CCCn1nncc1-c1ccc(C(C)N)c(Cl)c1. The third-order valence-corrected chi connectivity index (χ3v) is 3.17. The highest BCUT2D eigenvalue weighted by atomic mass is 35.5. The monoisotopic (exact) mass is 264 g/mol. The quantitative estimate of drug-likeness (QED) is 0.923. The number of nitrogens with two attached hydrogens (primary N) is 1. The molecule has 0 saturated heterocycles. The Bertz CT molecular complexity index is 534. The van der Waals surface area contributed by atoms with Crippen LogP contribution in [-0.2, 0) is 6.54 Å². The van der Waals surface area contributed by atoms with Gasteiger partial charge in [0, 0.05) is 23.2 Å². The zero-order chi connectivity index (χ0) is 13.1. The first-order valence-electron chi connectivity index (χ1n) is 6.07. The minimum Gasteiger partial charge on any atom is -0.324 e. The number of aromatic nitrogens is 3. The highest BCUT2D eigenvalue weighted by Crippen LogP contribution is 2.27. The average Bonchev–Trinajstić information content (AvgIpc) is 2.77. The predicted octanol–water partition coefficient (Wildman–Crippen LogP) is 3.03. The lowest BCUT2D eigenvalue weighted by atomic mass is 10.1. The van der Waals surface area contributed by atoms with Crippen LogP contribution in [0.3, 0.4) is 0 Å². The van der Waals surface area contributed by atoms with Crippen molar-refractivity contribution >= 4 is 11.6 Å². The van der Waals surface area contributed by atoms with E-state index in [0.717, 1.165) is 29.8 Å². The molecular weight excluding hydrogens is 248 g/mol. The number of rotatable bonds is 4. The molecule has 0 fully saturated rings. The van der Waals surface area contributed by atoms with Crippen LogP contribution in [0.5, 0.6) is 0 Å². The summed E-state index contributed by atoms with van der Waals surface area (Å²) in [5.74, 6) is 0. The minimum absolute atomic E-state index is 0.0646. The molecule has 1 atom stereocenters. The maximum absolute atomic E-state index is 6.24. The molecule has 96 valence electrons. The summed E-state index contributed by atoms with van der Waals surface area (Å²) in [7, 11) is 0. The van der Waals surface area contributed by atoms with E-state index in [-0.39, 0.29) is 6.04 Å². The van der Waals surface area contributed by atoms with Crippen LogP contribution in [0.25, 0.3) is 11.3 Å². The van der Waals surface area contributed by atoms with Gasteiger partial charge in [-0.3, -0.25) is 0 Å². The van der Waals surface area contributed by atoms with E-state index < -0.39 is 0 Å². The van der Waals surface area contributed by atoms with Crippen LogP contribution in [0.1, 0.15) is 31.9 Å². The molecule has 1 aromatic carbocycles. The molecule has 0 saturated carbocycles. The molecule has 1 heterocycles. The van der Waals surface area contributed by atoms with Crippen molar-refractivity contribution in [3.05, 3.63) is 35.0 Å². The number of aryl methyl sites for hydroxylation is 1. The molecule has 1 unspecified atom stereocenters. The van der Waals surface area contributed by atoms with Crippen LogP contribution in [-0.4, -0.2) is 15.0 Å². The summed E-state index contributed by atoms with van der Waals surface area (Å²) in [6.07, 6.45) is 2.77. The number of hydrogen-bond acceptors (Lipinski definition) is 3. The van der Waals surface area contributed by atoms with Gasteiger partial charge in [0.15, 0.2) is 0 Å². The average molecular weight is 265 g/mol. The lowest BCUT2D eigenvalue weighted by Gasteiger charge is -2.10. The Morgan fingerprint density at radius 1 is 1.44 bits per heavy atom. The van der Waals surface area contributed by atoms with Crippen LogP contribution in [0.15, 0.2) is 24.4 Å². The fourth-order valence-corrected chi connectivity index (χ4v) is 2.27. The highest BCUT2D eigenvalue weighted by molar-refractivity contribution is 6.31. The van der Waals surface area contributed by atoms with Crippen molar-refractivity contribution in [2.75, 3.05) is 0 Å². The van der Waals surface area contributed by atoms with Crippen molar-refractivity contribution < 1.29 is 0 Å². The van der Waals surface area contributed by atoms with Gasteiger partial charge in [0.25, 0.3) is 0 Å². The van der Waals surface area contributed by atoms with E-state index in [2.05, 4.69) is 17.2 Å². The Morgan fingerprint density at radius 3 is 2.83 bits per heavy atom. The Labute approximate surface area is 112 Å². The second kappa shape index (κ2) is 5.50. The van der Waals surface area contributed by atoms with Crippen LogP contribution in [0.2, 0.25) is 5.02 Å². The van der Waals surface area contributed by atoms with E-state index in [0.29, 0.717) is 5.02 Å². The van der Waals surface area contributed by atoms with Gasteiger partial charge < -0.3 is 5.73 Å². The van der Waals surface area contributed by atoms with Crippen molar-refractivity contribution in [1.82, 2.24) is 15.0 Å². The smallest absolute Gasteiger partial charge is 0.0886 e. The van der Waals surface area contributed by atoms with Crippen LogP contribution in [0.4, 0.5) is 0 Å². The Morgan fingerprint density at radius 2 is 2.22 bits per heavy atom. The number of nitrogens with zero attached hydrogens (tertiary/aromatic N) is 3. The second-order valence-electron chi connectivity index (χ2n) is 4.37. The van der Waals surface area contributed by atoms with Crippen molar-refractivity contribution in [2.24, 2.45) is 5.73 Å². The Kier molecular flexibility index (Phi) is 3.99. The lowest BCUT2D eigenvalue weighted by Crippen LogP contribution is -2.06. The Hall–Kier alpha value is -1.39.